The molecule has 5 rings (SSSR count). The molecule has 3 aromatic heterocycles. The molecule has 31 heavy (non-hydrogen) atoms. The molecule has 1 fully saturated rings. The number of hydrogen-bond acceptors (Lipinski definition) is 4. The molecule has 1 aromatic carbocycles. The van der Waals surface area contributed by atoms with E-state index in [1.807, 2.05) is 18.5 Å². The van der Waals surface area contributed by atoms with E-state index in [2.05, 4.69) is 67.5 Å². The van der Waals surface area contributed by atoms with E-state index in [0.717, 1.165) is 56.0 Å². The van der Waals surface area contributed by atoms with Crippen LogP contribution >= 0.6 is 0 Å². The zero-order valence-corrected chi connectivity index (χ0v) is 17.8. The van der Waals surface area contributed by atoms with Gasteiger partial charge in [0.15, 0.2) is 0 Å². The molecule has 4 heterocycles. The molecule has 0 unspecified atom stereocenters. The lowest BCUT2D eigenvalue weighted by Gasteiger charge is -2.35. The molecule has 158 valence electrons. The number of piperazine rings is 1. The predicted molar refractivity (Wildman–Crippen MR) is 125 cm³/mol. The lowest BCUT2D eigenvalue weighted by Crippen LogP contribution is -2.46. The van der Waals surface area contributed by atoms with Crippen LogP contribution in [0.25, 0.3) is 16.9 Å². The first kappa shape index (κ1) is 19.6. The van der Waals surface area contributed by atoms with Crippen LogP contribution in [0.1, 0.15) is 18.1 Å². The molecular weight excluding hydrogens is 386 g/mol. The Kier molecular flexibility index (Phi) is 5.30. The van der Waals surface area contributed by atoms with Crippen molar-refractivity contribution in [3.05, 3.63) is 88.6 Å². The van der Waals surface area contributed by atoms with Gasteiger partial charge in [0.1, 0.15) is 5.65 Å². The molecule has 0 amide bonds. The van der Waals surface area contributed by atoms with E-state index in [4.69, 9.17) is 0 Å². The first-order valence-corrected chi connectivity index (χ1v) is 10.9. The van der Waals surface area contributed by atoms with Gasteiger partial charge in [0.25, 0.3) is 0 Å². The summed E-state index contributed by atoms with van der Waals surface area (Å²) in [6.45, 7) is 7.81. The zero-order chi connectivity index (χ0) is 21.2. The maximum Gasteiger partial charge on any atom is 0.248 e. The van der Waals surface area contributed by atoms with Crippen molar-refractivity contribution in [1.29, 1.82) is 0 Å². The highest BCUT2D eigenvalue weighted by Gasteiger charge is 2.16. The summed E-state index contributed by atoms with van der Waals surface area (Å²) in [7, 11) is 0. The molecule has 0 spiro atoms. The highest BCUT2D eigenvalue weighted by molar-refractivity contribution is 5.65. The summed E-state index contributed by atoms with van der Waals surface area (Å²) in [6, 6.07) is 16.7. The number of pyridine rings is 2. The van der Waals surface area contributed by atoms with Crippen molar-refractivity contribution in [2.24, 2.45) is 0 Å². The van der Waals surface area contributed by atoms with Crippen molar-refractivity contribution >= 4 is 11.3 Å². The third-order valence-electron chi connectivity index (χ3n) is 6.22. The topological polar surface area (TPSA) is 56.6 Å². The van der Waals surface area contributed by atoms with Gasteiger partial charge in [0.2, 0.25) is 5.56 Å². The lowest BCUT2D eigenvalue weighted by molar-refractivity contribution is 0.271. The monoisotopic (exact) mass is 413 g/mol. The van der Waals surface area contributed by atoms with Gasteiger partial charge >= 0.3 is 0 Å². The van der Waals surface area contributed by atoms with Gasteiger partial charge in [0.05, 0.1) is 5.69 Å². The number of nitrogens with zero attached hydrogens (tertiary/aromatic N) is 4. The summed E-state index contributed by atoms with van der Waals surface area (Å²) in [5, 5.41) is 0. The molecule has 0 bridgehead atoms. The summed E-state index contributed by atoms with van der Waals surface area (Å²) < 4.78 is 2.06. The maximum absolute atomic E-state index is 11.7. The highest BCUT2D eigenvalue weighted by Crippen LogP contribution is 2.24. The van der Waals surface area contributed by atoms with Crippen LogP contribution in [0, 0.1) is 0 Å². The van der Waals surface area contributed by atoms with Crippen molar-refractivity contribution in [2.75, 3.05) is 37.6 Å². The first-order valence-electron chi connectivity index (χ1n) is 10.9. The molecule has 1 aliphatic rings. The summed E-state index contributed by atoms with van der Waals surface area (Å²) >= 11 is 0. The predicted octanol–water partition coefficient (Wildman–Crippen LogP) is 3.42. The second-order valence-corrected chi connectivity index (χ2v) is 8.07. The molecule has 6 heteroatoms. The summed E-state index contributed by atoms with van der Waals surface area (Å²) in [6.07, 6.45) is 6.26. The van der Waals surface area contributed by atoms with Crippen molar-refractivity contribution in [3.8, 4) is 11.3 Å². The Morgan fingerprint density at radius 2 is 1.81 bits per heavy atom. The number of fused-ring (bicyclic) bond motifs is 1. The lowest BCUT2D eigenvalue weighted by atomic mass is 10.0. The van der Waals surface area contributed by atoms with Crippen molar-refractivity contribution < 1.29 is 0 Å². The Morgan fingerprint density at radius 3 is 2.55 bits per heavy atom. The third kappa shape index (κ3) is 3.99. The van der Waals surface area contributed by atoms with Gasteiger partial charge in [-0.2, -0.15) is 0 Å². The van der Waals surface area contributed by atoms with E-state index >= 15 is 0 Å². The van der Waals surface area contributed by atoms with Gasteiger partial charge in [0, 0.05) is 68.5 Å². The summed E-state index contributed by atoms with van der Waals surface area (Å²) in [5.41, 5.74) is 6.40. The summed E-state index contributed by atoms with van der Waals surface area (Å²) in [5.74, 6) is 0. The number of imidazole rings is 1. The molecule has 1 saturated heterocycles. The minimum atomic E-state index is -0.106. The van der Waals surface area contributed by atoms with Gasteiger partial charge in [-0.15, -0.1) is 0 Å². The number of nitrogens with one attached hydrogen (secondary N) is 1. The number of aromatic amines is 1. The van der Waals surface area contributed by atoms with E-state index in [-0.39, 0.29) is 5.56 Å². The van der Waals surface area contributed by atoms with Gasteiger partial charge in [-0.3, -0.25) is 9.20 Å². The van der Waals surface area contributed by atoms with Crippen LogP contribution in [-0.2, 0) is 6.42 Å². The van der Waals surface area contributed by atoms with Crippen LogP contribution in [0.15, 0.2) is 71.9 Å². The van der Waals surface area contributed by atoms with Crippen LogP contribution in [0.4, 0.5) is 5.69 Å². The second-order valence-electron chi connectivity index (χ2n) is 8.07. The van der Waals surface area contributed by atoms with Gasteiger partial charge in [-0.25, -0.2) is 4.98 Å². The highest BCUT2D eigenvalue weighted by atomic mass is 16.1. The first-order chi connectivity index (χ1) is 15.2. The van der Waals surface area contributed by atoms with E-state index in [1.54, 1.807) is 12.3 Å². The fourth-order valence-corrected chi connectivity index (χ4v) is 4.41. The van der Waals surface area contributed by atoms with Crippen molar-refractivity contribution in [3.63, 3.8) is 0 Å². The molecular formula is C25H27N5O. The number of rotatable bonds is 5. The molecule has 6 nitrogen and oxygen atoms in total. The van der Waals surface area contributed by atoms with E-state index in [1.165, 1.54) is 16.8 Å². The maximum atomic E-state index is 11.7. The normalized spacial score (nSPS) is 14.9. The average molecular weight is 414 g/mol. The fraction of sp³-hybridized carbons (Fsp3) is 0.280. The summed E-state index contributed by atoms with van der Waals surface area (Å²) in [4.78, 5) is 24.0. The van der Waals surface area contributed by atoms with Crippen molar-refractivity contribution in [2.45, 2.75) is 13.3 Å². The number of hydrogen-bond donors (Lipinski definition) is 1. The molecule has 0 atom stereocenters. The van der Waals surface area contributed by atoms with Crippen molar-refractivity contribution in [1.82, 2.24) is 19.3 Å². The minimum absolute atomic E-state index is 0.106. The van der Waals surface area contributed by atoms with Crippen LogP contribution in [-0.4, -0.2) is 52.0 Å². The quantitative estimate of drug-likeness (QED) is 0.545. The molecule has 0 radical (unpaired) electrons. The Labute approximate surface area is 181 Å². The third-order valence-corrected chi connectivity index (χ3v) is 6.22. The van der Waals surface area contributed by atoms with Crippen LogP contribution in [0.2, 0.25) is 0 Å². The van der Waals surface area contributed by atoms with E-state index in [9.17, 15) is 4.79 Å². The average Bonchev–Trinajstić information content (AvgIpc) is 3.30. The largest absolute Gasteiger partial charge is 0.369 e. The number of anilines is 1. The van der Waals surface area contributed by atoms with E-state index < -0.39 is 0 Å². The number of H-pyrrole nitrogens is 1. The van der Waals surface area contributed by atoms with E-state index in [0.29, 0.717) is 0 Å². The Morgan fingerprint density at radius 1 is 1.00 bits per heavy atom. The Bertz CT molecular complexity index is 1230. The zero-order valence-electron chi connectivity index (χ0n) is 17.8. The Hall–Kier alpha value is -3.38. The van der Waals surface area contributed by atoms with Crippen LogP contribution < -0.4 is 10.5 Å². The Balaban J connectivity index is 1.37. The second kappa shape index (κ2) is 8.40. The fourth-order valence-electron chi connectivity index (χ4n) is 4.41. The number of likely N-dealkylation sites (N-methyl/N-ethyl adjacent to an activating group) is 1. The molecule has 0 saturated carbocycles. The minimum Gasteiger partial charge on any atom is -0.369 e. The van der Waals surface area contributed by atoms with Gasteiger partial charge in [-0.1, -0.05) is 25.1 Å². The molecule has 1 N–H and O–H groups in total. The SMILES string of the molecule is CCN1CCN(c2ccc(Cc3ccc(-c4cc[nH]c(=O)c4)n4ccnc34)cc2)CC1. The smallest absolute Gasteiger partial charge is 0.248 e. The number of benzene rings is 1. The number of aromatic nitrogens is 3. The molecule has 0 aliphatic carbocycles. The van der Waals surface area contributed by atoms with Crippen LogP contribution in [0.5, 0.6) is 0 Å². The van der Waals surface area contributed by atoms with Gasteiger partial charge in [-0.05, 0) is 41.9 Å². The van der Waals surface area contributed by atoms with Gasteiger partial charge < -0.3 is 14.8 Å². The standard InChI is InChI=1S/C25H27N5O/c1-2-28-13-15-29(16-14-28)22-6-3-19(4-7-22)17-21-5-8-23(30-12-11-27-25(21)30)20-9-10-26-24(31)18-20/h3-12,18H,2,13-17H2,1H3,(H,26,31). The molecule has 4 aromatic rings. The van der Waals surface area contributed by atoms with Crippen LogP contribution in [0.3, 0.4) is 0 Å². The molecule has 1 aliphatic heterocycles.